The molecule has 0 aromatic rings. The van der Waals surface area contributed by atoms with Gasteiger partial charge in [0.25, 0.3) is 0 Å². The average Bonchev–Trinajstić information content (AvgIpc) is 2.54. The van der Waals surface area contributed by atoms with Crippen molar-refractivity contribution in [3.05, 3.63) is 11.0 Å². The Kier molecular flexibility index (Phi) is 4.07. The fourth-order valence-corrected chi connectivity index (χ4v) is 1.71. The van der Waals surface area contributed by atoms with Crippen LogP contribution >= 0.6 is 12.6 Å². The van der Waals surface area contributed by atoms with E-state index < -0.39 is 17.7 Å². The smallest absolute Gasteiger partial charge is 0.423 e. The largest absolute Gasteiger partial charge is 0.459 e. The molecule has 1 rings (SSSR count). The van der Waals surface area contributed by atoms with E-state index in [1.165, 1.54) is 0 Å². The molecule has 1 fully saturated rings. The summed E-state index contributed by atoms with van der Waals surface area (Å²) in [6.07, 6.45) is -2.00. The van der Waals surface area contributed by atoms with Crippen molar-refractivity contribution in [1.29, 1.82) is 0 Å². The van der Waals surface area contributed by atoms with Crippen molar-refractivity contribution in [3.8, 4) is 0 Å². The van der Waals surface area contributed by atoms with Crippen LogP contribution < -0.4 is 0 Å². The summed E-state index contributed by atoms with van der Waals surface area (Å²) in [4.78, 5) is 11.1. The summed E-state index contributed by atoms with van der Waals surface area (Å²) >= 11 is 3.36. The van der Waals surface area contributed by atoms with Crippen molar-refractivity contribution in [1.82, 2.24) is 0 Å². The summed E-state index contributed by atoms with van der Waals surface area (Å²) < 4.78 is 41.4. The Morgan fingerprint density at radius 2 is 1.87 bits per heavy atom. The van der Waals surface area contributed by atoms with Crippen LogP contribution in [0.2, 0.25) is 0 Å². The monoisotopic (exact) mass is 240 g/mol. The first-order chi connectivity index (χ1) is 6.95. The lowest BCUT2D eigenvalue weighted by Gasteiger charge is -2.14. The van der Waals surface area contributed by atoms with Gasteiger partial charge in [0.1, 0.15) is 11.7 Å². The van der Waals surface area contributed by atoms with Crippen LogP contribution in [0.3, 0.4) is 0 Å². The predicted octanol–water partition coefficient (Wildman–Crippen LogP) is 2.85. The first-order valence-corrected chi connectivity index (χ1v) is 5.09. The minimum absolute atomic E-state index is 0.372. The Balaban J connectivity index is 2.58. The molecule has 0 atom stereocenters. The van der Waals surface area contributed by atoms with Gasteiger partial charge in [-0.3, -0.25) is 0 Å². The third kappa shape index (κ3) is 3.44. The van der Waals surface area contributed by atoms with Crippen LogP contribution in [0.25, 0.3) is 0 Å². The van der Waals surface area contributed by atoms with Gasteiger partial charge in [-0.25, -0.2) is 4.79 Å². The highest BCUT2D eigenvalue weighted by atomic mass is 32.1. The van der Waals surface area contributed by atoms with Gasteiger partial charge in [-0.15, -0.1) is 0 Å². The molecule has 0 spiro atoms. The maximum absolute atomic E-state index is 12.2. The number of alkyl halides is 3. The lowest BCUT2D eigenvalue weighted by atomic mass is 10.3. The van der Waals surface area contributed by atoms with E-state index in [1.807, 2.05) is 0 Å². The van der Waals surface area contributed by atoms with E-state index in [9.17, 15) is 18.0 Å². The molecular weight excluding hydrogens is 229 g/mol. The molecule has 0 saturated heterocycles. The normalized spacial score (nSPS) is 19.3. The van der Waals surface area contributed by atoms with E-state index in [1.54, 1.807) is 0 Å². The lowest BCUT2D eigenvalue weighted by molar-refractivity contribution is -0.155. The summed E-state index contributed by atoms with van der Waals surface area (Å²) in [6, 6.07) is 0. The van der Waals surface area contributed by atoms with Crippen LogP contribution in [-0.4, -0.2) is 18.2 Å². The average molecular weight is 240 g/mol. The van der Waals surface area contributed by atoms with E-state index in [0.717, 1.165) is 12.8 Å². The number of thiol groups is 1. The number of hydrogen-bond acceptors (Lipinski definition) is 3. The Hall–Kier alpha value is -0.650. The van der Waals surface area contributed by atoms with E-state index in [-0.39, 0.29) is 6.10 Å². The van der Waals surface area contributed by atoms with Crippen molar-refractivity contribution in [3.63, 3.8) is 0 Å². The molecule has 0 bridgehead atoms. The number of ether oxygens (including phenoxy) is 1. The zero-order chi connectivity index (χ0) is 11.5. The minimum atomic E-state index is -4.70. The molecule has 0 N–H and O–H groups in total. The highest BCUT2D eigenvalue weighted by molar-refractivity contribution is 7.83. The Bertz CT molecular complexity index is 267. The Labute approximate surface area is 90.9 Å². The van der Waals surface area contributed by atoms with Crippen LogP contribution in [-0.2, 0) is 9.53 Å². The van der Waals surface area contributed by atoms with Crippen LogP contribution in [0.1, 0.15) is 25.7 Å². The molecule has 0 aromatic heterocycles. The second-order valence-corrected chi connectivity index (χ2v) is 3.61. The molecule has 0 unspecified atom stereocenters. The Morgan fingerprint density at radius 3 is 2.27 bits per heavy atom. The summed E-state index contributed by atoms with van der Waals surface area (Å²) in [6.45, 7) is 0. The van der Waals surface area contributed by atoms with Gasteiger partial charge < -0.3 is 4.74 Å². The molecule has 1 aliphatic rings. The van der Waals surface area contributed by atoms with Gasteiger partial charge in [0, 0.05) is 0 Å². The van der Waals surface area contributed by atoms with Gasteiger partial charge in [-0.1, -0.05) is 0 Å². The van der Waals surface area contributed by atoms with Gasteiger partial charge in [-0.2, -0.15) is 25.8 Å². The molecule has 1 aliphatic carbocycles. The molecular formula is C9H11F3O2S. The molecule has 1 saturated carbocycles. The lowest BCUT2D eigenvalue weighted by Crippen LogP contribution is -2.25. The van der Waals surface area contributed by atoms with Crippen LogP contribution in [0, 0.1) is 0 Å². The van der Waals surface area contributed by atoms with E-state index in [2.05, 4.69) is 12.6 Å². The number of carbonyl (C=O) groups excluding carboxylic acids is 1. The third-order valence-corrected chi connectivity index (χ3v) is 2.49. The second kappa shape index (κ2) is 4.92. The van der Waals surface area contributed by atoms with E-state index in [0.29, 0.717) is 18.2 Å². The topological polar surface area (TPSA) is 26.3 Å². The van der Waals surface area contributed by atoms with Crippen molar-refractivity contribution in [2.75, 3.05) is 0 Å². The maximum Gasteiger partial charge on any atom is 0.423 e. The SMILES string of the molecule is O=C(OC1CCCC1)/C(=C\S)C(F)(F)F. The van der Waals surface area contributed by atoms with Gasteiger partial charge in [0.2, 0.25) is 0 Å². The number of rotatable bonds is 2. The first kappa shape index (κ1) is 12.4. The maximum atomic E-state index is 12.2. The number of carbonyl (C=O) groups is 1. The van der Waals surface area contributed by atoms with Crippen LogP contribution in [0.15, 0.2) is 11.0 Å². The third-order valence-electron chi connectivity index (χ3n) is 2.23. The highest BCUT2D eigenvalue weighted by Crippen LogP contribution is 2.29. The summed E-state index contributed by atoms with van der Waals surface area (Å²) in [5.41, 5.74) is -1.35. The molecule has 0 amide bonds. The number of hydrogen-bond donors (Lipinski definition) is 1. The van der Waals surface area contributed by atoms with E-state index in [4.69, 9.17) is 4.74 Å². The van der Waals surface area contributed by atoms with E-state index >= 15 is 0 Å². The first-order valence-electron chi connectivity index (χ1n) is 4.57. The molecule has 86 valence electrons. The fraction of sp³-hybridized carbons (Fsp3) is 0.667. The fourth-order valence-electron chi connectivity index (χ4n) is 1.46. The quantitative estimate of drug-likeness (QED) is 0.456. The summed E-state index contributed by atoms with van der Waals surface area (Å²) in [7, 11) is 0. The zero-order valence-corrected chi connectivity index (χ0v) is 8.78. The standard InChI is InChI=1S/C9H11F3O2S/c10-9(11,12)7(5-15)8(13)14-6-3-1-2-4-6/h5-6,15H,1-4H2/b7-5+. The molecule has 6 heteroatoms. The van der Waals surface area contributed by atoms with Crippen molar-refractivity contribution in [2.24, 2.45) is 0 Å². The van der Waals surface area contributed by atoms with Crippen molar-refractivity contribution in [2.45, 2.75) is 38.0 Å². The van der Waals surface area contributed by atoms with Crippen molar-refractivity contribution >= 4 is 18.6 Å². The van der Waals surface area contributed by atoms with Gasteiger partial charge in [-0.05, 0) is 31.1 Å². The number of esters is 1. The minimum Gasteiger partial charge on any atom is -0.459 e. The molecule has 0 aromatic carbocycles. The molecule has 0 aliphatic heterocycles. The van der Waals surface area contributed by atoms with Gasteiger partial charge in [0.15, 0.2) is 0 Å². The molecule has 2 nitrogen and oxygen atoms in total. The molecule has 0 radical (unpaired) electrons. The van der Waals surface area contributed by atoms with Gasteiger partial charge in [0.05, 0.1) is 0 Å². The molecule has 0 heterocycles. The summed E-state index contributed by atoms with van der Waals surface area (Å²) in [5.74, 6) is -1.33. The predicted molar refractivity (Wildman–Crippen MR) is 51.5 cm³/mol. The van der Waals surface area contributed by atoms with Gasteiger partial charge >= 0.3 is 12.1 Å². The van der Waals surface area contributed by atoms with Crippen LogP contribution in [0.4, 0.5) is 13.2 Å². The molecule has 15 heavy (non-hydrogen) atoms. The van der Waals surface area contributed by atoms with Crippen LogP contribution in [0.5, 0.6) is 0 Å². The zero-order valence-electron chi connectivity index (χ0n) is 7.88. The van der Waals surface area contributed by atoms with Crippen molar-refractivity contribution < 1.29 is 22.7 Å². The second-order valence-electron chi connectivity index (χ2n) is 3.35. The Morgan fingerprint density at radius 1 is 1.33 bits per heavy atom. The highest BCUT2D eigenvalue weighted by Gasteiger charge is 2.40. The number of halogens is 3. The summed E-state index contributed by atoms with van der Waals surface area (Å²) in [5, 5.41) is 0.442.